The van der Waals surface area contributed by atoms with E-state index in [9.17, 15) is 19.4 Å². The van der Waals surface area contributed by atoms with Crippen LogP contribution in [0.2, 0.25) is 0 Å². The van der Waals surface area contributed by atoms with E-state index >= 15 is 0 Å². The lowest BCUT2D eigenvalue weighted by molar-refractivity contribution is -0.870. The van der Waals surface area contributed by atoms with Gasteiger partial charge < -0.3 is 28.8 Å². The van der Waals surface area contributed by atoms with E-state index in [4.69, 9.17) is 9.05 Å². The number of quaternary nitrogens is 1. The van der Waals surface area contributed by atoms with Gasteiger partial charge in [0.15, 0.2) is 0 Å². The molecule has 8 nitrogen and oxygen atoms in total. The SMILES string of the molecule is CCCCCCCCCCCCCCCC(=O)N[C@@H](COP(=O)([O-])OCC[N+](C)(C)C)[C@H](O)CCCCCCCCCCCC. The van der Waals surface area contributed by atoms with E-state index in [1.807, 2.05) is 21.1 Å². The molecule has 0 rings (SSSR count). The lowest BCUT2D eigenvalue weighted by atomic mass is 10.0. The van der Waals surface area contributed by atoms with E-state index in [0.717, 1.165) is 38.5 Å². The number of phosphoric acid groups is 1. The van der Waals surface area contributed by atoms with Crippen LogP contribution in [0, 0.1) is 0 Å². The number of likely N-dealkylation sites (N-methyl/N-ethyl adjacent to an activating group) is 1. The minimum Gasteiger partial charge on any atom is -0.756 e. The van der Waals surface area contributed by atoms with Gasteiger partial charge in [0.25, 0.3) is 7.82 Å². The Labute approximate surface area is 279 Å². The molecular weight excluding hydrogens is 587 g/mol. The highest BCUT2D eigenvalue weighted by atomic mass is 31.2. The van der Waals surface area contributed by atoms with Crippen molar-refractivity contribution in [3.8, 4) is 0 Å². The van der Waals surface area contributed by atoms with Gasteiger partial charge in [0.2, 0.25) is 5.91 Å². The molecule has 0 aromatic heterocycles. The van der Waals surface area contributed by atoms with Crippen molar-refractivity contribution < 1.29 is 32.9 Å². The van der Waals surface area contributed by atoms with Crippen molar-refractivity contribution in [2.75, 3.05) is 40.9 Å². The van der Waals surface area contributed by atoms with Crippen molar-refractivity contribution in [3.63, 3.8) is 0 Å². The van der Waals surface area contributed by atoms with Crippen molar-refractivity contribution in [2.24, 2.45) is 0 Å². The van der Waals surface area contributed by atoms with Crippen LogP contribution in [0.15, 0.2) is 0 Å². The Morgan fingerprint density at radius 2 is 1.09 bits per heavy atom. The van der Waals surface area contributed by atoms with Gasteiger partial charge in [-0.15, -0.1) is 0 Å². The molecule has 0 radical (unpaired) electrons. The molecule has 45 heavy (non-hydrogen) atoms. The summed E-state index contributed by atoms with van der Waals surface area (Å²) in [4.78, 5) is 25.1. The summed E-state index contributed by atoms with van der Waals surface area (Å²) in [6.07, 6.45) is 28.1. The molecule has 0 aliphatic rings. The third kappa shape index (κ3) is 31.8. The summed E-state index contributed by atoms with van der Waals surface area (Å²) in [7, 11) is 1.31. The Hall–Kier alpha value is -0.500. The van der Waals surface area contributed by atoms with Crippen LogP contribution in [-0.2, 0) is 18.4 Å². The number of amides is 1. The lowest BCUT2D eigenvalue weighted by Gasteiger charge is -2.30. The first kappa shape index (κ1) is 44.5. The van der Waals surface area contributed by atoms with Crippen molar-refractivity contribution in [1.29, 1.82) is 0 Å². The van der Waals surface area contributed by atoms with Gasteiger partial charge in [-0.2, -0.15) is 0 Å². The Kier molecular flexibility index (Phi) is 29.3. The number of aliphatic hydroxyl groups excluding tert-OH is 1. The van der Waals surface area contributed by atoms with Gasteiger partial charge in [0.1, 0.15) is 13.2 Å². The van der Waals surface area contributed by atoms with E-state index in [2.05, 4.69) is 19.2 Å². The highest BCUT2D eigenvalue weighted by Gasteiger charge is 2.24. The zero-order valence-corrected chi connectivity index (χ0v) is 31.2. The molecule has 0 saturated heterocycles. The fraction of sp³-hybridized carbons (Fsp3) is 0.972. The second kappa shape index (κ2) is 29.6. The van der Waals surface area contributed by atoms with Crippen LogP contribution in [0.4, 0.5) is 0 Å². The van der Waals surface area contributed by atoms with Crippen molar-refractivity contribution >= 4 is 13.7 Å². The second-order valence-electron chi connectivity index (χ2n) is 14.3. The first-order chi connectivity index (χ1) is 21.5. The minimum absolute atomic E-state index is 0.0154. The minimum atomic E-state index is -4.54. The molecule has 0 aliphatic heterocycles. The summed E-state index contributed by atoms with van der Waals surface area (Å²) in [5.41, 5.74) is 0. The molecule has 0 aromatic carbocycles. The van der Waals surface area contributed by atoms with Gasteiger partial charge in [0, 0.05) is 6.42 Å². The van der Waals surface area contributed by atoms with Gasteiger partial charge in [0.05, 0.1) is 39.9 Å². The Morgan fingerprint density at radius 1 is 0.689 bits per heavy atom. The van der Waals surface area contributed by atoms with Crippen molar-refractivity contribution in [2.45, 2.75) is 187 Å². The average molecular weight is 663 g/mol. The van der Waals surface area contributed by atoms with Crippen LogP contribution in [0.3, 0.4) is 0 Å². The van der Waals surface area contributed by atoms with E-state index in [-0.39, 0.29) is 19.1 Å². The first-order valence-electron chi connectivity index (χ1n) is 18.9. The molecule has 0 fully saturated rings. The van der Waals surface area contributed by atoms with Gasteiger partial charge >= 0.3 is 0 Å². The number of phosphoric ester groups is 1. The maximum Gasteiger partial charge on any atom is 0.268 e. The van der Waals surface area contributed by atoms with Crippen LogP contribution in [0.5, 0.6) is 0 Å². The number of nitrogens with zero attached hydrogens (tertiary/aromatic N) is 1. The summed E-state index contributed by atoms with van der Waals surface area (Å²) in [6, 6.07) is -0.790. The maximum atomic E-state index is 12.8. The molecule has 0 bridgehead atoms. The third-order valence-electron chi connectivity index (χ3n) is 8.60. The topological polar surface area (TPSA) is 108 Å². The lowest BCUT2D eigenvalue weighted by Crippen LogP contribution is -2.46. The van der Waals surface area contributed by atoms with E-state index in [1.54, 1.807) is 0 Å². The van der Waals surface area contributed by atoms with Crippen LogP contribution < -0.4 is 10.2 Å². The average Bonchev–Trinajstić information content (AvgIpc) is 2.97. The maximum absolute atomic E-state index is 12.8. The fourth-order valence-electron chi connectivity index (χ4n) is 5.51. The molecule has 1 unspecified atom stereocenters. The molecule has 0 heterocycles. The summed E-state index contributed by atoms with van der Waals surface area (Å²) < 4.78 is 23.1. The quantitative estimate of drug-likeness (QED) is 0.0405. The highest BCUT2D eigenvalue weighted by Crippen LogP contribution is 2.38. The molecule has 270 valence electrons. The van der Waals surface area contributed by atoms with E-state index in [0.29, 0.717) is 23.9 Å². The summed E-state index contributed by atoms with van der Waals surface area (Å²) in [5.74, 6) is -0.166. The second-order valence-corrected chi connectivity index (χ2v) is 15.7. The van der Waals surface area contributed by atoms with E-state index in [1.165, 1.54) is 109 Å². The molecule has 0 saturated carbocycles. The monoisotopic (exact) mass is 663 g/mol. The zero-order valence-electron chi connectivity index (χ0n) is 30.3. The molecule has 9 heteroatoms. The van der Waals surface area contributed by atoms with E-state index < -0.39 is 20.0 Å². The predicted octanol–water partition coefficient (Wildman–Crippen LogP) is 8.83. The number of aliphatic hydroxyl groups is 1. The van der Waals surface area contributed by atoms with Crippen LogP contribution in [0.25, 0.3) is 0 Å². The normalized spacial score (nSPS) is 14.7. The Bertz CT molecular complexity index is 718. The first-order valence-corrected chi connectivity index (χ1v) is 20.3. The van der Waals surface area contributed by atoms with Crippen LogP contribution in [0.1, 0.15) is 174 Å². The number of rotatable bonds is 34. The molecule has 0 aliphatic carbocycles. The van der Waals surface area contributed by atoms with Gasteiger partial charge in [-0.1, -0.05) is 155 Å². The fourth-order valence-corrected chi connectivity index (χ4v) is 6.23. The van der Waals surface area contributed by atoms with Gasteiger partial charge in [-0.3, -0.25) is 9.36 Å². The number of hydrogen-bond acceptors (Lipinski definition) is 6. The number of carbonyl (C=O) groups excluding carboxylic acids is 1. The van der Waals surface area contributed by atoms with Gasteiger partial charge in [-0.25, -0.2) is 0 Å². The Balaban J connectivity index is 4.44. The number of hydrogen-bond donors (Lipinski definition) is 2. The van der Waals surface area contributed by atoms with Crippen molar-refractivity contribution in [1.82, 2.24) is 5.32 Å². The summed E-state index contributed by atoms with van der Waals surface area (Å²) in [6.45, 7) is 4.69. The smallest absolute Gasteiger partial charge is 0.268 e. The number of nitrogens with one attached hydrogen (secondary N) is 1. The van der Waals surface area contributed by atoms with Crippen molar-refractivity contribution in [3.05, 3.63) is 0 Å². The third-order valence-corrected chi connectivity index (χ3v) is 9.56. The van der Waals surface area contributed by atoms with Crippen LogP contribution >= 0.6 is 7.82 Å². The standard InChI is InChI=1S/C36H75N2O6P/c1-6-8-10-12-14-16-18-19-20-22-24-26-28-30-36(40)37-34(33-44-45(41,42)43-32-31-38(3,4)5)35(39)29-27-25-23-21-17-15-13-11-9-7-2/h34-35,39H,6-33H2,1-5H3,(H-,37,40,41,42)/t34-,35+/m0/s1. The van der Waals surface area contributed by atoms with Crippen LogP contribution in [-0.4, -0.2) is 68.5 Å². The predicted molar refractivity (Wildman–Crippen MR) is 187 cm³/mol. The zero-order chi connectivity index (χ0) is 33.7. The van der Waals surface area contributed by atoms with Gasteiger partial charge in [-0.05, 0) is 12.8 Å². The molecule has 2 N–H and O–H groups in total. The molecule has 0 spiro atoms. The number of carbonyl (C=O) groups is 1. The number of unbranched alkanes of at least 4 members (excludes halogenated alkanes) is 21. The highest BCUT2D eigenvalue weighted by molar-refractivity contribution is 7.45. The molecule has 0 aromatic rings. The molecule has 3 atom stereocenters. The molecular formula is C36H75N2O6P. The Morgan fingerprint density at radius 3 is 1.51 bits per heavy atom. The largest absolute Gasteiger partial charge is 0.756 e. The molecule has 1 amide bonds. The summed E-state index contributed by atoms with van der Waals surface area (Å²) >= 11 is 0. The summed E-state index contributed by atoms with van der Waals surface area (Å²) in [5, 5.41) is 13.8.